The van der Waals surface area contributed by atoms with Crippen molar-refractivity contribution in [3.8, 4) is 22.8 Å². The average molecular weight is 564 g/mol. The molecule has 1 fully saturated rings. The molecule has 1 saturated carbocycles. The first kappa shape index (κ1) is 25.3. The van der Waals surface area contributed by atoms with Gasteiger partial charge in [0.25, 0.3) is 0 Å². The van der Waals surface area contributed by atoms with Crippen LogP contribution in [0.2, 0.25) is 10.0 Å². The average Bonchev–Trinajstić information content (AvgIpc) is 3.43. The first-order valence-electron chi connectivity index (χ1n) is 11.1. The minimum absolute atomic E-state index is 0.189. The minimum atomic E-state index is -4.74. The minimum Gasteiger partial charge on any atom is -0.406 e. The van der Waals surface area contributed by atoms with Gasteiger partial charge in [-0.15, -0.1) is 18.3 Å². The molecule has 5 rings (SSSR count). The first-order chi connectivity index (χ1) is 17.7. The van der Waals surface area contributed by atoms with Crippen LogP contribution in [0.4, 0.5) is 18.9 Å². The molecule has 37 heavy (non-hydrogen) atoms. The summed E-state index contributed by atoms with van der Waals surface area (Å²) in [6.07, 6.45) is -2.31. The number of nitrogens with one attached hydrogen (secondary N) is 2. The Hall–Kier alpha value is -3.34. The van der Waals surface area contributed by atoms with E-state index in [1.165, 1.54) is 35.3 Å². The Bertz CT molecular complexity index is 1410. The van der Waals surface area contributed by atoms with Crippen molar-refractivity contribution in [3.63, 3.8) is 0 Å². The second-order valence-corrected chi connectivity index (χ2v) is 9.54. The summed E-state index contributed by atoms with van der Waals surface area (Å²) in [4.78, 5) is 4.32. The first-order valence-corrected chi connectivity index (χ1v) is 12.2. The van der Waals surface area contributed by atoms with Crippen LogP contribution in [0.1, 0.15) is 17.9 Å². The second-order valence-electron chi connectivity index (χ2n) is 8.32. The molecule has 190 valence electrons. The number of alkyl halides is 3. The van der Waals surface area contributed by atoms with E-state index in [0.717, 1.165) is 17.5 Å². The van der Waals surface area contributed by atoms with Gasteiger partial charge in [0.2, 0.25) is 0 Å². The van der Waals surface area contributed by atoms with Crippen LogP contribution in [-0.4, -0.2) is 32.3 Å². The normalized spacial score (nSPS) is 16.8. The molecule has 0 radical (unpaired) electrons. The zero-order valence-corrected chi connectivity index (χ0v) is 21.2. The Morgan fingerprint density at radius 1 is 1.00 bits per heavy atom. The molecule has 4 aromatic rings. The van der Waals surface area contributed by atoms with Crippen LogP contribution in [0.15, 0.2) is 73.1 Å². The predicted molar refractivity (Wildman–Crippen MR) is 140 cm³/mol. The molecule has 0 spiro atoms. The monoisotopic (exact) mass is 563 g/mol. The number of hydrogen-bond acceptors (Lipinski definition) is 4. The van der Waals surface area contributed by atoms with Crippen molar-refractivity contribution >= 4 is 46.2 Å². The van der Waals surface area contributed by atoms with Gasteiger partial charge in [0.15, 0.2) is 10.9 Å². The van der Waals surface area contributed by atoms with Crippen LogP contribution >= 0.6 is 35.4 Å². The Kier molecular flexibility index (Phi) is 6.98. The number of aromatic nitrogens is 3. The fraction of sp³-hybridized carbons (Fsp3) is 0.160. The molecule has 0 amide bonds. The number of hydrogen-bond donors (Lipinski definition) is 2. The summed E-state index contributed by atoms with van der Waals surface area (Å²) < 4.78 is 42.4. The highest BCUT2D eigenvalue weighted by atomic mass is 35.5. The van der Waals surface area contributed by atoms with Crippen molar-refractivity contribution in [1.82, 2.24) is 20.1 Å². The van der Waals surface area contributed by atoms with E-state index in [0.29, 0.717) is 38.3 Å². The molecule has 2 N–H and O–H groups in total. The number of rotatable bonds is 6. The summed E-state index contributed by atoms with van der Waals surface area (Å²) in [7, 11) is 0. The highest BCUT2D eigenvalue weighted by Crippen LogP contribution is 2.41. The quantitative estimate of drug-likeness (QED) is 0.247. The molecule has 12 heteroatoms. The highest BCUT2D eigenvalue weighted by molar-refractivity contribution is 7.80. The molecular formula is C25H18Cl2F3N5OS. The molecule has 2 atom stereocenters. The van der Waals surface area contributed by atoms with Crippen LogP contribution in [0.25, 0.3) is 17.1 Å². The van der Waals surface area contributed by atoms with Crippen molar-refractivity contribution in [2.45, 2.75) is 24.7 Å². The van der Waals surface area contributed by atoms with Crippen molar-refractivity contribution < 1.29 is 17.9 Å². The maximum atomic E-state index is 12.4. The van der Waals surface area contributed by atoms with Crippen molar-refractivity contribution in [1.29, 1.82) is 0 Å². The van der Waals surface area contributed by atoms with Crippen LogP contribution in [0.3, 0.4) is 0 Å². The molecule has 1 aliphatic carbocycles. The van der Waals surface area contributed by atoms with E-state index in [1.54, 1.807) is 18.2 Å². The SMILES string of the molecule is FC(F)(F)Oc1ccc(-n2cnc(-c3ccc(C4CC4NC(=S)Nc4c(Cl)cccc4Cl)cc3)n2)cc1. The second kappa shape index (κ2) is 10.2. The maximum absolute atomic E-state index is 12.4. The van der Waals surface area contributed by atoms with E-state index in [-0.39, 0.29) is 11.8 Å². The number of nitrogens with zero attached hydrogens (tertiary/aromatic N) is 3. The Balaban J connectivity index is 1.18. The van der Waals surface area contributed by atoms with Gasteiger partial charge in [0, 0.05) is 17.5 Å². The van der Waals surface area contributed by atoms with Crippen molar-refractivity contribution in [3.05, 3.63) is 88.7 Å². The number of thiocarbonyl (C=S) groups is 1. The molecule has 2 unspecified atom stereocenters. The lowest BCUT2D eigenvalue weighted by Gasteiger charge is -2.13. The van der Waals surface area contributed by atoms with Gasteiger partial charge in [-0.25, -0.2) is 9.67 Å². The summed E-state index contributed by atoms with van der Waals surface area (Å²) in [5.74, 6) is 0.498. The number of halogens is 5. The maximum Gasteiger partial charge on any atom is 0.573 e. The van der Waals surface area contributed by atoms with Gasteiger partial charge in [-0.2, -0.15) is 0 Å². The topological polar surface area (TPSA) is 64.0 Å². The standard InChI is InChI=1S/C25H18Cl2F3N5OS/c26-19-2-1-3-20(27)22(19)33-24(37)32-21-12-18(21)14-4-6-15(7-5-14)23-31-13-35(34-23)16-8-10-17(11-9-16)36-25(28,29)30/h1-11,13,18,21H,12H2,(H2,32,33,37). The van der Waals surface area contributed by atoms with Crippen LogP contribution in [0.5, 0.6) is 5.75 Å². The Morgan fingerprint density at radius 2 is 1.68 bits per heavy atom. The lowest BCUT2D eigenvalue weighted by molar-refractivity contribution is -0.274. The van der Waals surface area contributed by atoms with Gasteiger partial charge in [-0.05, 0) is 60.6 Å². The highest BCUT2D eigenvalue weighted by Gasteiger charge is 2.39. The largest absolute Gasteiger partial charge is 0.573 e. The molecule has 0 aliphatic heterocycles. The third-order valence-electron chi connectivity index (χ3n) is 5.73. The summed E-state index contributed by atoms with van der Waals surface area (Å²) in [5, 5.41) is 12.2. The Labute approximate surface area is 225 Å². The number of benzene rings is 3. The van der Waals surface area contributed by atoms with Gasteiger partial charge in [0.1, 0.15) is 12.1 Å². The molecule has 1 aliphatic rings. The van der Waals surface area contributed by atoms with Crippen molar-refractivity contribution in [2.24, 2.45) is 0 Å². The molecule has 1 aromatic heterocycles. The van der Waals surface area contributed by atoms with Gasteiger partial charge in [-0.1, -0.05) is 53.5 Å². The molecular weight excluding hydrogens is 546 g/mol. The lowest BCUT2D eigenvalue weighted by atomic mass is 10.1. The molecule has 6 nitrogen and oxygen atoms in total. The fourth-order valence-corrected chi connectivity index (χ4v) is 4.60. The summed E-state index contributed by atoms with van der Waals surface area (Å²) in [6.45, 7) is 0. The summed E-state index contributed by atoms with van der Waals surface area (Å²) >= 11 is 17.8. The van der Waals surface area contributed by atoms with Crippen LogP contribution in [-0.2, 0) is 0 Å². The Morgan fingerprint density at radius 3 is 2.32 bits per heavy atom. The zero-order chi connectivity index (χ0) is 26.2. The van der Waals surface area contributed by atoms with Crippen LogP contribution in [0, 0.1) is 0 Å². The molecule has 3 aromatic carbocycles. The van der Waals surface area contributed by atoms with E-state index in [1.807, 2.05) is 24.3 Å². The van der Waals surface area contributed by atoms with Gasteiger partial charge in [-0.3, -0.25) is 0 Å². The fourth-order valence-electron chi connectivity index (χ4n) is 3.86. The molecule has 1 heterocycles. The molecule has 0 bridgehead atoms. The third kappa shape index (κ3) is 6.15. The third-order valence-corrected chi connectivity index (χ3v) is 6.58. The zero-order valence-electron chi connectivity index (χ0n) is 18.8. The van der Waals surface area contributed by atoms with E-state index < -0.39 is 6.36 Å². The van der Waals surface area contributed by atoms with E-state index in [4.69, 9.17) is 35.4 Å². The number of anilines is 1. The lowest BCUT2D eigenvalue weighted by Crippen LogP contribution is -2.31. The van der Waals surface area contributed by atoms with Gasteiger partial charge >= 0.3 is 6.36 Å². The van der Waals surface area contributed by atoms with E-state index in [2.05, 4.69) is 25.5 Å². The van der Waals surface area contributed by atoms with Gasteiger partial charge < -0.3 is 15.4 Å². The van der Waals surface area contributed by atoms with Crippen LogP contribution < -0.4 is 15.4 Å². The van der Waals surface area contributed by atoms with E-state index in [9.17, 15) is 13.2 Å². The summed E-state index contributed by atoms with van der Waals surface area (Å²) in [5.41, 5.74) is 3.09. The summed E-state index contributed by atoms with van der Waals surface area (Å²) in [6, 6.07) is 18.7. The number of ether oxygens (including phenoxy) is 1. The van der Waals surface area contributed by atoms with Gasteiger partial charge in [0.05, 0.1) is 21.4 Å². The van der Waals surface area contributed by atoms with Crippen molar-refractivity contribution in [2.75, 3.05) is 5.32 Å². The number of para-hydroxylation sites is 1. The smallest absolute Gasteiger partial charge is 0.406 e. The van der Waals surface area contributed by atoms with E-state index >= 15 is 0 Å². The molecule has 0 saturated heterocycles. The predicted octanol–water partition coefficient (Wildman–Crippen LogP) is 6.98.